The lowest BCUT2D eigenvalue weighted by atomic mass is 9.95. The van der Waals surface area contributed by atoms with Crippen LogP contribution in [-0.2, 0) is 11.3 Å². The first-order chi connectivity index (χ1) is 11.9. The first kappa shape index (κ1) is 17.0. The lowest BCUT2D eigenvalue weighted by molar-refractivity contribution is 0.0473. The van der Waals surface area contributed by atoms with Crippen LogP contribution in [0.25, 0.3) is 10.9 Å². The van der Waals surface area contributed by atoms with Gasteiger partial charge >= 0.3 is 5.97 Å². The van der Waals surface area contributed by atoms with Crippen molar-refractivity contribution in [3.63, 3.8) is 0 Å². The number of rotatable bonds is 3. The van der Waals surface area contributed by atoms with Crippen molar-refractivity contribution in [2.45, 2.75) is 27.4 Å². The first-order valence-corrected chi connectivity index (χ1v) is 8.23. The quantitative estimate of drug-likeness (QED) is 0.653. The summed E-state index contributed by atoms with van der Waals surface area (Å²) in [4.78, 5) is 24.8. The van der Waals surface area contributed by atoms with E-state index in [4.69, 9.17) is 4.74 Å². The summed E-state index contributed by atoms with van der Waals surface area (Å²) in [5, 5.41) is 0.840. The maximum atomic E-state index is 12.5. The third-order valence-corrected chi connectivity index (χ3v) is 4.00. The molecule has 1 aromatic heterocycles. The molecule has 0 amide bonds. The molecule has 0 N–H and O–H groups in total. The largest absolute Gasteiger partial charge is 0.457 e. The molecule has 0 saturated carbocycles. The molecule has 25 heavy (non-hydrogen) atoms. The van der Waals surface area contributed by atoms with Crippen molar-refractivity contribution in [2.75, 3.05) is 0 Å². The highest BCUT2D eigenvalue weighted by molar-refractivity contribution is 5.99. The zero-order valence-corrected chi connectivity index (χ0v) is 14.7. The van der Waals surface area contributed by atoms with E-state index in [1.165, 1.54) is 0 Å². The van der Waals surface area contributed by atoms with Crippen LogP contribution in [0.5, 0.6) is 0 Å². The summed E-state index contributed by atoms with van der Waals surface area (Å²) in [5.74, 6) is -0.359. The molecule has 0 aliphatic carbocycles. The van der Waals surface area contributed by atoms with Gasteiger partial charge in [-0.1, -0.05) is 51.1 Å². The topological polar surface area (TPSA) is 48.3 Å². The number of nitrogens with zero attached hydrogens (tertiary/aromatic N) is 1. The van der Waals surface area contributed by atoms with Gasteiger partial charge in [0.05, 0.1) is 11.1 Å². The molecule has 0 radical (unpaired) electrons. The van der Waals surface area contributed by atoms with E-state index < -0.39 is 5.41 Å². The lowest BCUT2D eigenvalue weighted by Gasteiger charge is -2.17. The molecule has 3 rings (SSSR count). The van der Waals surface area contributed by atoms with Gasteiger partial charge in [-0.15, -0.1) is 0 Å². The zero-order valence-electron chi connectivity index (χ0n) is 14.7. The molecule has 2 aromatic carbocycles. The SMILES string of the molecule is CC(C)(C)C(=O)n1ccc2cc(C(=O)OCc3ccccc3)ccc21. The maximum Gasteiger partial charge on any atom is 0.338 e. The normalized spacial score (nSPS) is 11.5. The molecule has 0 aliphatic heterocycles. The number of aromatic nitrogens is 1. The predicted octanol–water partition coefficient (Wildman–Crippen LogP) is 4.68. The summed E-state index contributed by atoms with van der Waals surface area (Å²) in [6, 6.07) is 16.6. The average Bonchev–Trinajstić information content (AvgIpc) is 3.02. The van der Waals surface area contributed by atoms with Gasteiger partial charge < -0.3 is 4.74 Å². The highest BCUT2D eigenvalue weighted by Gasteiger charge is 2.24. The van der Waals surface area contributed by atoms with Crippen molar-refractivity contribution in [2.24, 2.45) is 5.41 Å². The molecule has 4 heteroatoms. The van der Waals surface area contributed by atoms with Crippen LogP contribution in [0.1, 0.15) is 41.5 Å². The summed E-state index contributed by atoms with van der Waals surface area (Å²) in [6.45, 7) is 5.89. The van der Waals surface area contributed by atoms with Crippen LogP contribution in [-0.4, -0.2) is 16.4 Å². The van der Waals surface area contributed by atoms with E-state index in [9.17, 15) is 9.59 Å². The summed E-state index contributed by atoms with van der Waals surface area (Å²) in [6.07, 6.45) is 1.75. The number of esters is 1. The second kappa shape index (κ2) is 6.55. The molecule has 0 unspecified atom stereocenters. The van der Waals surface area contributed by atoms with Crippen LogP contribution in [0.3, 0.4) is 0 Å². The second-order valence-electron chi connectivity index (χ2n) is 7.08. The number of carbonyl (C=O) groups is 2. The van der Waals surface area contributed by atoms with Crippen molar-refractivity contribution in [1.29, 1.82) is 0 Å². The van der Waals surface area contributed by atoms with Crippen LogP contribution in [0.15, 0.2) is 60.8 Å². The van der Waals surface area contributed by atoms with Crippen molar-refractivity contribution in [3.05, 3.63) is 71.9 Å². The third-order valence-electron chi connectivity index (χ3n) is 4.00. The monoisotopic (exact) mass is 335 g/mol. The summed E-state index contributed by atoms with van der Waals surface area (Å²) < 4.78 is 6.99. The fourth-order valence-corrected chi connectivity index (χ4v) is 2.61. The Morgan fingerprint density at radius 3 is 2.40 bits per heavy atom. The molecule has 0 atom stereocenters. The van der Waals surface area contributed by atoms with E-state index >= 15 is 0 Å². The fraction of sp³-hybridized carbons (Fsp3) is 0.238. The average molecular weight is 335 g/mol. The minimum absolute atomic E-state index is 0.0157. The Bertz CT molecular complexity index is 917. The molecule has 1 heterocycles. The van der Waals surface area contributed by atoms with Gasteiger partial charge in [0, 0.05) is 17.0 Å². The number of ether oxygens (including phenoxy) is 1. The van der Waals surface area contributed by atoms with Crippen molar-refractivity contribution in [3.8, 4) is 0 Å². The van der Waals surface area contributed by atoms with E-state index in [1.54, 1.807) is 29.0 Å². The molecule has 3 aromatic rings. The van der Waals surface area contributed by atoms with Crippen LogP contribution >= 0.6 is 0 Å². The molecule has 4 nitrogen and oxygen atoms in total. The van der Waals surface area contributed by atoms with Crippen LogP contribution < -0.4 is 0 Å². The van der Waals surface area contributed by atoms with Gasteiger partial charge in [-0.3, -0.25) is 9.36 Å². The zero-order chi connectivity index (χ0) is 18.0. The maximum absolute atomic E-state index is 12.5. The van der Waals surface area contributed by atoms with Gasteiger partial charge in [0.2, 0.25) is 5.91 Å². The standard InChI is InChI=1S/C21H21NO3/c1-21(2,3)20(24)22-12-11-16-13-17(9-10-18(16)22)19(23)25-14-15-7-5-4-6-8-15/h4-13H,14H2,1-3H3. The number of hydrogen-bond acceptors (Lipinski definition) is 3. The highest BCUT2D eigenvalue weighted by atomic mass is 16.5. The Labute approximate surface area is 147 Å². The van der Waals surface area contributed by atoms with Crippen molar-refractivity contribution < 1.29 is 14.3 Å². The molecule has 0 fully saturated rings. The van der Waals surface area contributed by atoms with E-state index in [-0.39, 0.29) is 18.5 Å². The van der Waals surface area contributed by atoms with E-state index in [0.29, 0.717) is 5.56 Å². The van der Waals surface area contributed by atoms with E-state index in [0.717, 1.165) is 16.5 Å². The second-order valence-corrected chi connectivity index (χ2v) is 7.08. The van der Waals surface area contributed by atoms with Crippen LogP contribution in [0.2, 0.25) is 0 Å². The molecule has 0 spiro atoms. The molecule has 0 bridgehead atoms. The summed E-state index contributed by atoms with van der Waals surface area (Å²) >= 11 is 0. The van der Waals surface area contributed by atoms with Gasteiger partial charge in [0.25, 0.3) is 0 Å². The first-order valence-electron chi connectivity index (χ1n) is 8.23. The summed E-state index contributed by atoms with van der Waals surface area (Å²) in [5.41, 5.74) is 1.74. The van der Waals surface area contributed by atoms with Gasteiger partial charge in [-0.25, -0.2) is 4.79 Å². The third kappa shape index (κ3) is 3.63. The number of fused-ring (bicyclic) bond motifs is 1. The van der Waals surface area contributed by atoms with E-state index in [1.807, 2.05) is 57.2 Å². The minimum atomic E-state index is -0.473. The highest BCUT2D eigenvalue weighted by Crippen LogP contribution is 2.23. The van der Waals surface area contributed by atoms with Gasteiger partial charge in [0.1, 0.15) is 6.61 Å². The summed E-state index contributed by atoms with van der Waals surface area (Å²) in [7, 11) is 0. The molecule has 128 valence electrons. The van der Waals surface area contributed by atoms with Crippen molar-refractivity contribution in [1.82, 2.24) is 4.57 Å². The Morgan fingerprint density at radius 1 is 1.00 bits per heavy atom. The Kier molecular flexibility index (Phi) is 4.45. The van der Waals surface area contributed by atoms with Gasteiger partial charge in [-0.2, -0.15) is 0 Å². The predicted molar refractivity (Wildman–Crippen MR) is 97.6 cm³/mol. The molecular weight excluding hydrogens is 314 g/mol. The molecular formula is C21H21NO3. The van der Waals surface area contributed by atoms with Gasteiger partial charge in [0.15, 0.2) is 0 Å². The Hall–Kier alpha value is -2.88. The lowest BCUT2D eigenvalue weighted by Crippen LogP contribution is -2.25. The van der Waals surface area contributed by atoms with Gasteiger partial charge in [-0.05, 0) is 29.8 Å². The van der Waals surface area contributed by atoms with Crippen LogP contribution in [0.4, 0.5) is 0 Å². The smallest absolute Gasteiger partial charge is 0.338 e. The van der Waals surface area contributed by atoms with Crippen LogP contribution in [0, 0.1) is 5.41 Å². The number of hydrogen-bond donors (Lipinski definition) is 0. The van der Waals surface area contributed by atoms with E-state index in [2.05, 4.69) is 0 Å². The Balaban J connectivity index is 1.80. The van der Waals surface area contributed by atoms with Crippen molar-refractivity contribution >= 4 is 22.8 Å². The fourth-order valence-electron chi connectivity index (χ4n) is 2.61. The molecule has 0 aliphatic rings. The minimum Gasteiger partial charge on any atom is -0.457 e. The Morgan fingerprint density at radius 2 is 1.72 bits per heavy atom. The molecule has 0 saturated heterocycles. The number of benzene rings is 2. The number of carbonyl (C=O) groups excluding carboxylic acids is 2.